The van der Waals surface area contributed by atoms with Crippen molar-refractivity contribution >= 4 is 17.6 Å². The van der Waals surface area contributed by atoms with Crippen molar-refractivity contribution in [2.45, 2.75) is 13.5 Å². The summed E-state index contributed by atoms with van der Waals surface area (Å²) in [5.41, 5.74) is 0.861. The zero-order chi connectivity index (χ0) is 13.8. The zero-order valence-corrected chi connectivity index (χ0v) is 10.9. The summed E-state index contributed by atoms with van der Waals surface area (Å²) < 4.78 is 0. The molecule has 0 aliphatic carbocycles. The monoisotopic (exact) mass is 270 g/mol. The molecule has 0 amide bonds. The van der Waals surface area contributed by atoms with Crippen LogP contribution in [0.1, 0.15) is 11.5 Å². The number of nitrogens with zero attached hydrogens (tertiary/aromatic N) is 4. The van der Waals surface area contributed by atoms with Crippen molar-refractivity contribution in [3.63, 3.8) is 0 Å². The average Bonchev–Trinajstić information content (AvgIpc) is 3.08. The summed E-state index contributed by atoms with van der Waals surface area (Å²) in [6, 6.07) is 3.68. The molecule has 8 nitrogen and oxygen atoms in total. The fraction of sp³-hybridized carbons (Fsp3) is 0.167. The van der Waals surface area contributed by atoms with E-state index in [1.165, 1.54) is 0 Å². The van der Waals surface area contributed by atoms with Crippen LogP contribution in [0.15, 0.2) is 30.7 Å². The van der Waals surface area contributed by atoms with Gasteiger partial charge in [0.2, 0.25) is 5.95 Å². The minimum absolute atomic E-state index is 0.540. The maximum absolute atomic E-state index is 4.38. The first-order valence-corrected chi connectivity index (χ1v) is 6.14. The molecule has 3 rings (SSSR count). The topological polar surface area (TPSA) is 107 Å². The highest BCUT2D eigenvalue weighted by atomic mass is 15.2. The van der Waals surface area contributed by atoms with Gasteiger partial charge in [-0.2, -0.15) is 10.1 Å². The fourth-order valence-electron chi connectivity index (χ4n) is 1.73. The Labute approximate surface area is 115 Å². The SMILES string of the molecule is Cc1cc(Nc2cc[nH]n2)nc(NCc2ncc[nH]2)n1. The van der Waals surface area contributed by atoms with Crippen molar-refractivity contribution in [3.05, 3.63) is 42.2 Å². The third-order valence-electron chi connectivity index (χ3n) is 2.58. The number of imidazole rings is 1. The van der Waals surface area contributed by atoms with Crippen molar-refractivity contribution in [2.75, 3.05) is 10.6 Å². The molecule has 0 unspecified atom stereocenters. The Morgan fingerprint density at radius 3 is 2.90 bits per heavy atom. The predicted molar refractivity (Wildman–Crippen MR) is 74.6 cm³/mol. The summed E-state index contributed by atoms with van der Waals surface area (Å²) in [7, 11) is 0. The van der Waals surface area contributed by atoms with E-state index in [4.69, 9.17) is 0 Å². The average molecular weight is 270 g/mol. The molecule has 0 aromatic carbocycles. The lowest BCUT2D eigenvalue weighted by atomic mass is 10.4. The van der Waals surface area contributed by atoms with Crippen LogP contribution in [0.2, 0.25) is 0 Å². The molecule has 3 aromatic heterocycles. The molecule has 0 saturated heterocycles. The van der Waals surface area contributed by atoms with Gasteiger partial charge in [0.1, 0.15) is 11.6 Å². The van der Waals surface area contributed by atoms with Gasteiger partial charge in [-0.05, 0) is 6.92 Å². The molecule has 0 aliphatic rings. The van der Waals surface area contributed by atoms with Crippen molar-refractivity contribution in [1.82, 2.24) is 30.1 Å². The number of nitrogens with one attached hydrogen (secondary N) is 4. The molecular weight excluding hydrogens is 256 g/mol. The van der Waals surface area contributed by atoms with Crippen LogP contribution < -0.4 is 10.6 Å². The molecule has 0 atom stereocenters. The Bertz CT molecular complexity index is 659. The molecule has 0 aliphatic heterocycles. The molecule has 0 bridgehead atoms. The first kappa shape index (κ1) is 12.2. The van der Waals surface area contributed by atoms with Gasteiger partial charge >= 0.3 is 0 Å². The summed E-state index contributed by atoms with van der Waals surface area (Å²) in [6.45, 7) is 2.45. The number of anilines is 3. The summed E-state index contributed by atoms with van der Waals surface area (Å²) in [5.74, 6) is 2.77. The largest absolute Gasteiger partial charge is 0.347 e. The smallest absolute Gasteiger partial charge is 0.225 e. The third-order valence-corrected chi connectivity index (χ3v) is 2.58. The van der Waals surface area contributed by atoms with Gasteiger partial charge < -0.3 is 15.6 Å². The fourth-order valence-corrected chi connectivity index (χ4v) is 1.73. The van der Waals surface area contributed by atoms with E-state index in [0.717, 1.165) is 11.5 Å². The maximum Gasteiger partial charge on any atom is 0.225 e. The van der Waals surface area contributed by atoms with Crippen LogP contribution in [0.4, 0.5) is 17.6 Å². The minimum Gasteiger partial charge on any atom is -0.347 e. The minimum atomic E-state index is 0.540. The van der Waals surface area contributed by atoms with Gasteiger partial charge in [-0.1, -0.05) is 0 Å². The van der Waals surface area contributed by atoms with E-state index in [9.17, 15) is 0 Å². The number of aromatic nitrogens is 6. The first-order chi connectivity index (χ1) is 9.79. The van der Waals surface area contributed by atoms with Gasteiger partial charge in [0.25, 0.3) is 0 Å². The van der Waals surface area contributed by atoms with Crippen LogP contribution in [0, 0.1) is 6.92 Å². The Hall–Kier alpha value is -2.90. The van der Waals surface area contributed by atoms with E-state index in [0.29, 0.717) is 24.1 Å². The van der Waals surface area contributed by atoms with E-state index in [1.54, 1.807) is 18.6 Å². The van der Waals surface area contributed by atoms with E-state index in [1.807, 2.05) is 19.1 Å². The highest BCUT2D eigenvalue weighted by Gasteiger charge is 2.04. The summed E-state index contributed by atoms with van der Waals surface area (Å²) >= 11 is 0. The quantitative estimate of drug-likeness (QED) is 0.561. The van der Waals surface area contributed by atoms with Gasteiger partial charge in [-0.3, -0.25) is 5.10 Å². The maximum atomic E-state index is 4.38. The Balaban J connectivity index is 1.72. The van der Waals surface area contributed by atoms with Crippen LogP contribution in [0.3, 0.4) is 0 Å². The van der Waals surface area contributed by atoms with Crippen molar-refractivity contribution in [1.29, 1.82) is 0 Å². The standard InChI is InChI=1S/C12H14N8/c1-8-6-10(18-9-2-3-16-20-9)19-12(17-8)15-7-11-13-4-5-14-11/h2-6H,7H2,1H3,(H,13,14)(H3,15,16,17,18,19,20). The first-order valence-electron chi connectivity index (χ1n) is 6.14. The Kier molecular flexibility index (Phi) is 3.27. The Morgan fingerprint density at radius 1 is 1.20 bits per heavy atom. The van der Waals surface area contributed by atoms with Crippen LogP contribution in [-0.2, 0) is 6.54 Å². The Morgan fingerprint density at radius 2 is 2.15 bits per heavy atom. The lowest BCUT2D eigenvalue weighted by molar-refractivity contribution is 0.960. The number of hydrogen-bond donors (Lipinski definition) is 4. The van der Waals surface area contributed by atoms with Gasteiger partial charge in [0.15, 0.2) is 5.82 Å². The summed E-state index contributed by atoms with van der Waals surface area (Å²) in [5, 5.41) is 13.0. The molecule has 0 radical (unpaired) electrons. The molecule has 0 spiro atoms. The van der Waals surface area contributed by atoms with Crippen LogP contribution >= 0.6 is 0 Å². The molecule has 8 heteroatoms. The zero-order valence-electron chi connectivity index (χ0n) is 10.9. The van der Waals surface area contributed by atoms with Gasteiger partial charge in [0.05, 0.1) is 6.54 Å². The molecule has 0 saturated carbocycles. The number of aryl methyl sites for hydroxylation is 1. The predicted octanol–water partition coefficient (Wildman–Crippen LogP) is 1.59. The molecule has 3 aromatic rings. The number of hydrogen-bond acceptors (Lipinski definition) is 6. The van der Waals surface area contributed by atoms with E-state index >= 15 is 0 Å². The van der Waals surface area contributed by atoms with Gasteiger partial charge in [-0.25, -0.2) is 9.97 Å². The molecule has 102 valence electrons. The van der Waals surface area contributed by atoms with Crippen molar-refractivity contribution in [3.8, 4) is 0 Å². The van der Waals surface area contributed by atoms with Gasteiger partial charge in [0, 0.05) is 36.4 Å². The number of rotatable bonds is 5. The molecule has 3 heterocycles. The third kappa shape index (κ3) is 2.91. The molecule has 4 N–H and O–H groups in total. The summed E-state index contributed by atoms with van der Waals surface area (Å²) in [6.07, 6.45) is 5.23. The van der Waals surface area contributed by atoms with E-state index in [2.05, 4.69) is 40.8 Å². The summed E-state index contributed by atoms with van der Waals surface area (Å²) in [4.78, 5) is 15.9. The van der Waals surface area contributed by atoms with Crippen LogP contribution in [0.5, 0.6) is 0 Å². The second kappa shape index (κ2) is 5.39. The van der Waals surface area contributed by atoms with E-state index in [-0.39, 0.29) is 0 Å². The highest BCUT2D eigenvalue weighted by molar-refractivity contribution is 5.53. The second-order valence-electron chi connectivity index (χ2n) is 4.19. The van der Waals surface area contributed by atoms with Gasteiger partial charge in [-0.15, -0.1) is 0 Å². The number of aromatic amines is 2. The van der Waals surface area contributed by atoms with Crippen LogP contribution in [-0.4, -0.2) is 30.1 Å². The second-order valence-corrected chi connectivity index (χ2v) is 4.19. The van der Waals surface area contributed by atoms with Crippen molar-refractivity contribution in [2.24, 2.45) is 0 Å². The number of H-pyrrole nitrogens is 2. The molecular formula is C12H14N8. The van der Waals surface area contributed by atoms with Crippen molar-refractivity contribution < 1.29 is 0 Å². The molecule has 20 heavy (non-hydrogen) atoms. The normalized spacial score (nSPS) is 10.4. The van der Waals surface area contributed by atoms with Crippen LogP contribution in [0.25, 0.3) is 0 Å². The lowest BCUT2D eigenvalue weighted by Gasteiger charge is -2.07. The van der Waals surface area contributed by atoms with E-state index < -0.39 is 0 Å². The highest BCUT2D eigenvalue weighted by Crippen LogP contribution is 2.14. The molecule has 0 fully saturated rings. The lowest BCUT2D eigenvalue weighted by Crippen LogP contribution is -2.07.